The summed E-state index contributed by atoms with van der Waals surface area (Å²) >= 11 is 0. The van der Waals surface area contributed by atoms with Gasteiger partial charge in [-0.3, -0.25) is 0 Å². The Kier molecular flexibility index (Phi) is 2.98. The molecule has 2 N–H and O–H groups in total. The summed E-state index contributed by atoms with van der Waals surface area (Å²) in [4.78, 5) is 8.74. The molecular formula is C11H17N3O. The summed E-state index contributed by atoms with van der Waals surface area (Å²) < 4.78 is 5.51. The van der Waals surface area contributed by atoms with E-state index >= 15 is 0 Å². The molecular weight excluding hydrogens is 190 g/mol. The van der Waals surface area contributed by atoms with E-state index < -0.39 is 0 Å². The molecule has 0 saturated heterocycles. The van der Waals surface area contributed by atoms with Crippen molar-refractivity contribution in [3.63, 3.8) is 0 Å². The van der Waals surface area contributed by atoms with Crippen molar-refractivity contribution in [3.8, 4) is 0 Å². The summed E-state index contributed by atoms with van der Waals surface area (Å²) in [7, 11) is 1.73. The number of ether oxygens (including phenoxy) is 1. The smallest absolute Gasteiger partial charge is 0.160 e. The maximum Gasteiger partial charge on any atom is 0.160 e. The van der Waals surface area contributed by atoms with Crippen LogP contribution in [0.15, 0.2) is 12.4 Å². The Morgan fingerprint density at radius 2 is 2.07 bits per heavy atom. The van der Waals surface area contributed by atoms with Crippen molar-refractivity contribution in [2.45, 2.75) is 31.3 Å². The largest absolute Gasteiger partial charge is 0.370 e. The minimum Gasteiger partial charge on any atom is -0.370 e. The lowest BCUT2D eigenvalue weighted by Crippen LogP contribution is -2.37. The SMILES string of the molecule is COC1(c2ncc(CCN)cn2)CCC1. The molecule has 0 aliphatic heterocycles. The van der Waals surface area contributed by atoms with Crippen LogP contribution >= 0.6 is 0 Å². The van der Waals surface area contributed by atoms with Crippen LogP contribution in [0.5, 0.6) is 0 Å². The number of hydrogen-bond donors (Lipinski definition) is 1. The van der Waals surface area contributed by atoms with Crippen LogP contribution < -0.4 is 5.73 Å². The lowest BCUT2D eigenvalue weighted by Gasteiger charge is -2.38. The van der Waals surface area contributed by atoms with Gasteiger partial charge in [-0.05, 0) is 37.8 Å². The molecule has 0 bridgehead atoms. The molecule has 4 heteroatoms. The first-order chi connectivity index (χ1) is 7.30. The van der Waals surface area contributed by atoms with Crippen LogP contribution in [0.25, 0.3) is 0 Å². The van der Waals surface area contributed by atoms with E-state index in [1.54, 1.807) is 7.11 Å². The van der Waals surface area contributed by atoms with Gasteiger partial charge >= 0.3 is 0 Å². The van der Waals surface area contributed by atoms with Gasteiger partial charge in [-0.25, -0.2) is 9.97 Å². The Morgan fingerprint density at radius 1 is 1.40 bits per heavy atom. The van der Waals surface area contributed by atoms with Gasteiger partial charge in [0.2, 0.25) is 0 Å². The third-order valence-electron chi connectivity index (χ3n) is 3.10. The number of aromatic nitrogens is 2. The molecule has 0 amide bonds. The zero-order chi connectivity index (χ0) is 10.7. The number of hydrogen-bond acceptors (Lipinski definition) is 4. The quantitative estimate of drug-likeness (QED) is 0.800. The maximum atomic E-state index is 5.51. The molecule has 0 unspecified atom stereocenters. The summed E-state index contributed by atoms with van der Waals surface area (Å²) in [6, 6.07) is 0. The predicted octanol–water partition coefficient (Wildman–Crippen LogP) is 1.00. The van der Waals surface area contributed by atoms with Gasteiger partial charge < -0.3 is 10.5 Å². The minimum absolute atomic E-state index is 0.207. The summed E-state index contributed by atoms with van der Waals surface area (Å²) in [5.41, 5.74) is 6.35. The van der Waals surface area contributed by atoms with Crippen molar-refractivity contribution < 1.29 is 4.74 Å². The Labute approximate surface area is 89.9 Å². The molecule has 1 fully saturated rings. The molecule has 2 rings (SSSR count). The molecule has 15 heavy (non-hydrogen) atoms. The van der Waals surface area contributed by atoms with Gasteiger partial charge in [-0.1, -0.05) is 0 Å². The van der Waals surface area contributed by atoms with E-state index in [9.17, 15) is 0 Å². The molecule has 0 atom stereocenters. The molecule has 1 saturated carbocycles. The standard InChI is InChI=1S/C11H17N3O/c1-15-11(4-2-5-11)10-13-7-9(3-6-12)8-14-10/h7-8H,2-6,12H2,1H3. The van der Waals surface area contributed by atoms with Gasteiger partial charge in [-0.15, -0.1) is 0 Å². The van der Waals surface area contributed by atoms with Gasteiger partial charge in [0.1, 0.15) is 5.60 Å². The van der Waals surface area contributed by atoms with E-state index in [4.69, 9.17) is 10.5 Å². The third-order valence-corrected chi connectivity index (χ3v) is 3.10. The van der Waals surface area contributed by atoms with Crippen LogP contribution in [0.4, 0.5) is 0 Å². The topological polar surface area (TPSA) is 61.0 Å². The van der Waals surface area contributed by atoms with Crippen LogP contribution in [-0.2, 0) is 16.8 Å². The number of nitrogens with two attached hydrogens (primary N) is 1. The van der Waals surface area contributed by atoms with Gasteiger partial charge in [-0.2, -0.15) is 0 Å². The molecule has 82 valence electrons. The molecule has 1 aliphatic rings. The number of methoxy groups -OCH3 is 1. The highest BCUT2D eigenvalue weighted by molar-refractivity contribution is 5.12. The molecule has 0 spiro atoms. The van der Waals surface area contributed by atoms with Gasteiger partial charge in [0.15, 0.2) is 5.82 Å². The molecule has 1 aliphatic carbocycles. The molecule has 0 aromatic carbocycles. The van der Waals surface area contributed by atoms with Crippen LogP contribution in [-0.4, -0.2) is 23.6 Å². The fourth-order valence-electron chi connectivity index (χ4n) is 1.90. The third kappa shape index (κ3) is 1.87. The van der Waals surface area contributed by atoms with E-state index in [1.807, 2.05) is 12.4 Å². The Hall–Kier alpha value is -1.00. The highest BCUT2D eigenvalue weighted by Gasteiger charge is 2.41. The number of nitrogens with zero attached hydrogens (tertiary/aromatic N) is 2. The van der Waals surface area contributed by atoms with E-state index in [0.717, 1.165) is 30.7 Å². The van der Waals surface area contributed by atoms with Crippen molar-refractivity contribution in [3.05, 3.63) is 23.8 Å². The summed E-state index contributed by atoms with van der Waals surface area (Å²) in [5, 5.41) is 0. The van der Waals surface area contributed by atoms with Gasteiger partial charge in [0.25, 0.3) is 0 Å². The van der Waals surface area contributed by atoms with E-state index in [2.05, 4.69) is 9.97 Å². The summed E-state index contributed by atoms with van der Waals surface area (Å²) in [5.74, 6) is 0.817. The minimum atomic E-state index is -0.207. The first kappa shape index (κ1) is 10.5. The monoisotopic (exact) mass is 207 g/mol. The summed E-state index contributed by atoms with van der Waals surface area (Å²) in [6.07, 6.45) is 7.80. The first-order valence-corrected chi connectivity index (χ1v) is 5.37. The van der Waals surface area contributed by atoms with Crippen molar-refractivity contribution in [2.24, 2.45) is 5.73 Å². The highest BCUT2D eigenvalue weighted by Crippen LogP contribution is 2.42. The Morgan fingerprint density at radius 3 is 2.47 bits per heavy atom. The zero-order valence-corrected chi connectivity index (χ0v) is 9.07. The molecule has 1 aromatic rings. The predicted molar refractivity (Wildman–Crippen MR) is 57.3 cm³/mol. The van der Waals surface area contributed by atoms with Crippen LogP contribution in [0, 0.1) is 0 Å². The molecule has 0 radical (unpaired) electrons. The molecule has 1 aromatic heterocycles. The van der Waals surface area contributed by atoms with Crippen LogP contribution in [0.3, 0.4) is 0 Å². The van der Waals surface area contributed by atoms with E-state index in [0.29, 0.717) is 6.54 Å². The fraction of sp³-hybridized carbons (Fsp3) is 0.636. The van der Waals surface area contributed by atoms with E-state index in [-0.39, 0.29) is 5.60 Å². The van der Waals surface area contributed by atoms with Gasteiger partial charge in [0.05, 0.1) is 0 Å². The van der Waals surface area contributed by atoms with Crippen LogP contribution in [0.2, 0.25) is 0 Å². The maximum absolute atomic E-state index is 5.51. The second kappa shape index (κ2) is 4.24. The number of rotatable bonds is 4. The van der Waals surface area contributed by atoms with Gasteiger partial charge in [0, 0.05) is 19.5 Å². The average Bonchev–Trinajstić information content (AvgIpc) is 2.20. The second-order valence-corrected chi connectivity index (χ2v) is 4.01. The highest BCUT2D eigenvalue weighted by atomic mass is 16.5. The average molecular weight is 207 g/mol. The van der Waals surface area contributed by atoms with Crippen molar-refractivity contribution >= 4 is 0 Å². The van der Waals surface area contributed by atoms with Crippen molar-refractivity contribution in [1.82, 2.24) is 9.97 Å². The first-order valence-electron chi connectivity index (χ1n) is 5.37. The van der Waals surface area contributed by atoms with Crippen LogP contribution in [0.1, 0.15) is 30.7 Å². The summed E-state index contributed by atoms with van der Waals surface area (Å²) in [6.45, 7) is 0.637. The van der Waals surface area contributed by atoms with Crippen molar-refractivity contribution in [1.29, 1.82) is 0 Å². The lowest BCUT2D eigenvalue weighted by atomic mass is 9.79. The van der Waals surface area contributed by atoms with E-state index in [1.165, 1.54) is 6.42 Å². The Balaban J connectivity index is 2.15. The molecule has 4 nitrogen and oxygen atoms in total. The lowest BCUT2D eigenvalue weighted by molar-refractivity contribution is -0.0847. The normalized spacial score (nSPS) is 18.5. The Bertz CT molecular complexity index is 314. The second-order valence-electron chi connectivity index (χ2n) is 4.01. The fourth-order valence-corrected chi connectivity index (χ4v) is 1.90. The molecule has 1 heterocycles. The van der Waals surface area contributed by atoms with Crippen molar-refractivity contribution in [2.75, 3.05) is 13.7 Å². The zero-order valence-electron chi connectivity index (χ0n) is 9.07.